The monoisotopic (exact) mass is 299 g/mol. The van der Waals surface area contributed by atoms with Gasteiger partial charge < -0.3 is 0 Å². The molecule has 0 saturated carbocycles. The Labute approximate surface area is 115 Å². The first kappa shape index (κ1) is 13.8. The summed E-state index contributed by atoms with van der Waals surface area (Å²) in [5.41, 5.74) is 0.905. The first-order valence-electron chi connectivity index (χ1n) is 5.44. The SMILES string of the molecule is Cc1nc(N2CC(S(=O)(=O)Cl)CC2=O)ccc1C#N. The summed E-state index contributed by atoms with van der Waals surface area (Å²) in [6, 6.07) is 5.04. The molecular formula is C11H10ClN3O3S. The molecule has 100 valence electrons. The van der Waals surface area contributed by atoms with Crippen LogP contribution >= 0.6 is 10.7 Å². The van der Waals surface area contributed by atoms with E-state index in [4.69, 9.17) is 15.9 Å². The second kappa shape index (κ2) is 4.79. The highest BCUT2D eigenvalue weighted by molar-refractivity contribution is 8.14. The van der Waals surface area contributed by atoms with Crippen molar-refractivity contribution in [3.8, 4) is 6.07 Å². The molecule has 2 heterocycles. The zero-order chi connectivity index (χ0) is 14.2. The summed E-state index contributed by atoms with van der Waals surface area (Å²) < 4.78 is 22.5. The minimum Gasteiger partial charge on any atom is -0.295 e. The average Bonchev–Trinajstić information content (AvgIpc) is 2.71. The topological polar surface area (TPSA) is 91.1 Å². The van der Waals surface area contributed by atoms with Crippen molar-refractivity contribution < 1.29 is 13.2 Å². The molecule has 1 aliphatic heterocycles. The number of anilines is 1. The van der Waals surface area contributed by atoms with Gasteiger partial charge in [-0.1, -0.05) is 0 Å². The van der Waals surface area contributed by atoms with Gasteiger partial charge in [0.2, 0.25) is 15.0 Å². The highest BCUT2D eigenvalue weighted by atomic mass is 35.7. The molecule has 1 atom stereocenters. The summed E-state index contributed by atoms with van der Waals surface area (Å²) in [7, 11) is 1.50. The molecule has 1 aromatic heterocycles. The van der Waals surface area contributed by atoms with Gasteiger partial charge in [0.05, 0.1) is 11.3 Å². The average molecular weight is 300 g/mol. The van der Waals surface area contributed by atoms with E-state index < -0.39 is 14.3 Å². The molecule has 1 amide bonds. The molecule has 1 aromatic rings. The normalized spacial score (nSPS) is 19.5. The van der Waals surface area contributed by atoms with Crippen LogP contribution < -0.4 is 4.90 Å². The van der Waals surface area contributed by atoms with Crippen LogP contribution in [0.15, 0.2) is 12.1 Å². The van der Waals surface area contributed by atoms with E-state index in [9.17, 15) is 13.2 Å². The van der Waals surface area contributed by atoms with Crippen molar-refractivity contribution in [2.45, 2.75) is 18.6 Å². The molecule has 6 nitrogen and oxygen atoms in total. The van der Waals surface area contributed by atoms with E-state index in [1.54, 1.807) is 13.0 Å². The summed E-state index contributed by atoms with van der Waals surface area (Å²) >= 11 is 0. The number of nitriles is 1. The Bertz CT molecular complexity index is 681. The largest absolute Gasteiger partial charge is 0.295 e. The quantitative estimate of drug-likeness (QED) is 0.758. The van der Waals surface area contributed by atoms with Crippen molar-refractivity contribution in [2.24, 2.45) is 0 Å². The molecule has 19 heavy (non-hydrogen) atoms. The van der Waals surface area contributed by atoms with Gasteiger partial charge in [0.1, 0.15) is 17.1 Å². The maximum Gasteiger partial charge on any atom is 0.237 e. The first-order valence-corrected chi connectivity index (χ1v) is 7.81. The Morgan fingerprint density at radius 3 is 2.68 bits per heavy atom. The Kier molecular flexibility index (Phi) is 3.47. The molecule has 1 aliphatic rings. The number of aryl methyl sites for hydroxylation is 1. The van der Waals surface area contributed by atoms with Crippen molar-refractivity contribution in [1.29, 1.82) is 5.26 Å². The van der Waals surface area contributed by atoms with Crippen LogP contribution in [0, 0.1) is 18.3 Å². The Balaban J connectivity index is 2.31. The van der Waals surface area contributed by atoms with Gasteiger partial charge in [0, 0.05) is 23.6 Å². The lowest BCUT2D eigenvalue weighted by atomic mass is 10.2. The van der Waals surface area contributed by atoms with Gasteiger partial charge >= 0.3 is 0 Å². The second-order valence-electron chi connectivity index (χ2n) is 4.22. The number of carbonyl (C=O) groups excluding carboxylic acids is 1. The number of rotatable bonds is 2. The predicted molar refractivity (Wildman–Crippen MR) is 69.2 cm³/mol. The summed E-state index contributed by atoms with van der Waals surface area (Å²) in [5, 5.41) is 7.89. The number of carbonyl (C=O) groups is 1. The fraction of sp³-hybridized carbons (Fsp3) is 0.364. The molecule has 8 heteroatoms. The smallest absolute Gasteiger partial charge is 0.237 e. The minimum absolute atomic E-state index is 0.0109. The summed E-state index contributed by atoms with van der Waals surface area (Å²) in [6.07, 6.45) is -0.146. The lowest BCUT2D eigenvalue weighted by Gasteiger charge is -2.15. The molecule has 0 aromatic carbocycles. The van der Waals surface area contributed by atoms with Crippen molar-refractivity contribution in [3.63, 3.8) is 0 Å². The summed E-state index contributed by atoms with van der Waals surface area (Å²) in [6.45, 7) is 1.64. The fourth-order valence-corrected chi connectivity index (χ4v) is 2.93. The Morgan fingerprint density at radius 1 is 1.53 bits per heavy atom. The summed E-state index contributed by atoms with van der Waals surface area (Å²) in [5.74, 6) is -0.00449. The number of nitrogens with zero attached hydrogens (tertiary/aromatic N) is 3. The van der Waals surface area contributed by atoms with E-state index in [-0.39, 0.29) is 18.9 Å². The molecule has 1 saturated heterocycles. The number of hydrogen-bond acceptors (Lipinski definition) is 5. The van der Waals surface area contributed by atoms with Gasteiger partial charge in [-0.15, -0.1) is 0 Å². The highest BCUT2D eigenvalue weighted by Gasteiger charge is 2.38. The van der Waals surface area contributed by atoms with E-state index in [1.165, 1.54) is 11.0 Å². The van der Waals surface area contributed by atoms with Crippen molar-refractivity contribution in [2.75, 3.05) is 11.4 Å². The van der Waals surface area contributed by atoms with Crippen LogP contribution in [0.3, 0.4) is 0 Å². The third-order valence-corrected chi connectivity index (χ3v) is 4.82. The van der Waals surface area contributed by atoms with E-state index in [0.29, 0.717) is 17.1 Å². The fourth-order valence-electron chi connectivity index (χ4n) is 1.90. The lowest BCUT2D eigenvalue weighted by Crippen LogP contribution is -2.27. The van der Waals surface area contributed by atoms with Crippen LogP contribution in [0.2, 0.25) is 0 Å². The number of hydrogen-bond donors (Lipinski definition) is 0. The molecule has 0 spiro atoms. The second-order valence-corrected chi connectivity index (χ2v) is 7.13. The zero-order valence-electron chi connectivity index (χ0n) is 10.00. The molecule has 2 rings (SSSR count). The Hall–Kier alpha value is -1.65. The highest BCUT2D eigenvalue weighted by Crippen LogP contribution is 2.26. The van der Waals surface area contributed by atoms with Crippen LogP contribution in [-0.4, -0.2) is 31.1 Å². The minimum atomic E-state index is -3.77. The van der Waals surface area contributed by atoms with Gasteiger partial charge in [-0.2, -0.15) is 5.26 Å². The molecule has 0 radical (unpaired) electrons. The van der Waals surface area contributed by atoms with Gasteiger partial charge in [-0.3, -0.25) is 9.69 Å². The summed E-state index contributed by atoms with van der Waals surface area (Å²) in [4.78, 5) is 17.2. The lowest BCUT2D eigenvalue weighted by molar-refractivity contribution is -0.117. The third-order valence-electron chi connectivity index (χ3n) is 2.96. The van der Waals surface area contributed by atoms with Crippen LogP contribution in [-0.2, 0) is 13.8 Å². The standard InChI is InChI=1S/C11H10ClN3O3S/c1-7-8(5-13)2-3-10(14-7)15-6-9(4-11(15)16)19(12,17)18/h2-3,9H,4,6H2,1H3. The van der Waals surface area contributed by atoms with Gasteiger partial charge in [0.25, 0.3) is 0 Å². The van der Waals surface area contributed by atoms with Crippen molar-refractivity contribution in [1.82, 2.24) is 4.98 Å². The molecule has 1 fully saturated rings. The Morgan fingerprint density at radius 2 is 2.21 bits per heavy atom. The van der Waals surface area contributed by atoms with Crippen molar-refractivity contribution >= 4 is 31.5 Å². The van der Waals surface area contributed by atoms with E-state index in [0.717, 1.165) is 0 Å². The van der Waals surface area contributed by atoms with E-state index in [1.807, 2.05) is 6.07 Å². The molecule has 0 N–H and O–H groups in total. The van der Waals surface area contributed by atoms with Gasteiger partial charge in [0.15, 0.2) is 0 Å². The molecule has 0 bridgehead atoms. The predicted octanol–water partition coefficient (Wildman–Crippen LogP) is 0.936. The molecule has 1 unspecified atom stereocenters. The van der Waals surface area contributed by atoms with Gasteiger partial charge in [-0.05, 0) is 19.1 Å². The van der Waals surface area contributed by atoms with E-state index >= 15 is 0 Å². The molecule has 0 aliphatic carbocycles. The maximum atomic E-state index is 11.8. The van der Waals surface area contributed by atoms with Crippen molar-refractivity contribution in [3.05, 3.63) is 23.4 Å². The number of pyridine rings is 1. The van der Waals surface area contributed by atoms with Crippen LogP contribution in [0.1, 0.15) is 17.7 Å². The van der Waals surface area contributed by atoms with Crippen LogP contribution in [0.25, 0.3) is 0 Å². The number of amides is 1. The number of aromatic nitrogens is 1. The van der Waals surface area contributed by atoms with Crippen LogP contribution in [0.4, 0.5) is 5.82 Å². The van der Waals surface area contributed by atoms with Crippen LogP contribution in [0.5, 0.6) is 0 Å². The number of halogens is 1. The van der Waals surface area contributed by atoms with Gasteiger partial charge in [-0.25, -0.2) is 13.4 Å². The molecular weight excluding hydrogens is 290 g/mol. The van der Waals surface area contributed by atoms with E-state index in [2.05, 4.69) is 4.98 Å². The maximum absolute atomic E-state index is 11.8. The first-order chi connectivity index (χ1) is 8.82. The third kappa shape index (κ3) is 2.69. The zero-order valence-corrected chi connectivity index (χ0v) is 11.6.